The molecule has 0 atom stereocenters. The first-order chi connectivity index (χ1) is 8.56. The van der Waals surface area contributed by atoms with Gasteiger partial charge in [0.15, 0.2) is 0 Å². The van der Waals surface area contributed by atoms with Gasteiger partial charge in [0.1, 0.15) is 0 Å². The smallest absolute Gasteiger partial charge is 0.244 e. The zero-order chi connectivity index (χ0) is 13.6. The number of nitrogens with zero attached hydrogens (tertiary/aromatic N) is 1. The normalized spacial score (nSPS) is 11.9. The lowest BCUT2D eigenvalue weighted by molar-refractivity contribution is 0.441. The Morgan fingerprint density at radius 3 is 2.83 bits per heavy atom. The molecule has 1 heterocycles. The second-order valence-electron chi connectivity index (χ2n) is 3.93. The summed E-state index contributed by atoms with van der Waals surface area (Å²) in [7, 11) is -1.54. The van der Waals surface area contributed by atoms with Crippen molar-refractivity contribution in [3.63, 3.8) is 0 Å². The molecule has 1 N–H and O–H groups in total. The molecule has 1 rings (SSSR count). The summed E-state index contributed by atoms with van der Waals surface area (Å²) < 4.78 is 26.3. The van der Waals surface area contributed by atoms with Crippen LogP contribution in [-0.2, 0) is 16.6 Å². The van der Waals surface area contributed by atoms with E-state index >= 15 is 0 Å². The van der Waals surface area contributed by atoms with Crippen LogP contribution in [0.2, 0.25) is 0 Å². The lowest BCUT2D eigenvalue weighted by Gasteiger charge is -2.18. The van der Waals surface area contributed by atoms with Crippen LogP contribution in [0.3, 0.4) is 0 Å². The fraction of sp³-hybridized carbons (Fsp3) is 0.500. The number of sulfonamides is 1. The molecule has 0 fully saturated rings. The molecule has 0 amide bonds. The quantitative estimate of drug-likeness (QED) is 0.745. The van der Waals surface area contributed by atoms with Gasteiger partial charge >= 0.3 is 0 Å². The van der Waals surface area contributed by atoms with Gasteiger partial charge in [-0.1, -0.05) is 13.0 Å². The number of thiophene rings is 1. The highest BCUT2D eigenvalue weighted by atomic mass is 32.2. The molecule has 0 spiro atoms. The van der Waals surface area contributed by atoms with Crippen molar-refractivity contribution in [1.29, 1.82) is 0 Å². The van der Waals surface area contributed by atoms with Gasteiger partial charge < -0.3 is 5.32 Å². The molecule has 0 radical (unpaired) electrons. The van der Waals surface area contributed by atoms with Crippen molar-refractivity contribution in [2.45, 2.75) is 24.8 Å². The van der Waals surface area contributed by atoms with E-state index in [1.165, 1.54) is 15.6 Å². The molecule has 1 aromatic heterocycles. The third-order valence-electron chi connectivity index (χ3n) is 2.42. The number of hydrogen-bond donors (Lipinski definition) is 1. The van der Waals surface area contributed by atoms with Crippen molar-refractivity contribution in [3.8, 4) is 0 Å². The van der Waals surface area contributed by atoms with Gasteiger partial charge in [-0.05, 0) is 19.5 Å². The van der Waals surface area contributed by atoms with Gasteiger partial charge in [-0.3, -0.25) is 0 Å². The summed E-state index contributed by atoms with van der Waals surface area (Å²) in [6.45, 7) is 7.14. The molecule has 18 heavy (non-hydrogen) atoms. The largest absolute Gasteiger partial charge is 0.315 e. The Morgan fingerprint density at radius 2 is 2.28 bits per heavy atom. The molecule has 1 aromatic rings. The second kappa shape index (κ2) is 7.04. The topological polar surface area (TPSA) is 49.4 Å². The molecular weight excluding hydrogens is 268 g/mol. The SMILES string of the molecule is C=CCN(CCC)S(=O)(=O)c1csc(CNC)c1. The van der Waals surface area contributed by atoms with Crippen LogP contribution in [0.15, 0.2) is 29.0 Å². The fourth-order valence-electron chi connectivity index (χ4n) is 1.61. The minimum absolute atomic E-state index is 0.355. The Balaban J connectivity index is 2.97. The predicted molar refractivity (Wildman–Crippen MR) is 76.3 cm³/mol. The lowest BCUT2D eigenvalue weighted by atomic mass is 10.5. The summed E-state index contributed by atoms with van der Waals surface area (Å²) in [6, 6.07) is 1.74. The Labute approximate surface area is 113 Å². The maximum atomic E-state index is 12.4. The Hall–Kier alpha value is -0.690. The van der Waals surface area contributed by atoms with E-state index in [1.54, 1.807) is 17.5 Å². The van der Waals surface area contributed by atoms with Gasteiger partial charge in [0.2, 0.25) is 10.0 Å². The van der Waals surface area contributed by atoms with Gasteiger partial charge in [-0.25, -0.2) is 8.42 Å². The highest BCUT2D eigenvalue weighted by molar-refractivity contribution is 7.89. The van der Waals surface area contributed by atoms with Crippen molar-refractivity contribution in [1.82, 2.24) is 9.62 Å². The van der Waals surface area contributed by atoms with E-state index in [0.29, 0.717) is 24.5 Å². The molecule has 0 aliphatic heterocycles. The highest BCUT2D eigenvalue weighted by Crippen LogP contribution is 2.22. The van der Waals surface area contributed by atoms with E-state index in [2.05, 4.69) is 11.9 Å². The van der Waals surface area contributed by atoms with Crippen LogP contribution in [0.1, 0.15) is 18.2 Å². The minimum atomic E-state index is -3.38. The third kappa shape index (κ3) is 3.65. The number of rotatable bonds is 8. The molecule has 0 aliphatic carbocycles. The fourth-order valence-corrected chi connectivity index (χ4v) is 4.39. The van der Waals surface area contributed by atoms with Gasteiger partial charge in [-0.15, -0.1) is 17.9 Å². The number of hydrogen-bond acceptors (Lipinski definition) is 4. The van der Waals surface area contributed by atoms with Crippen molar-refractivity contribution in [3.05, 3.63) is 29.0 Å². The minimum Gasteiger partial charge on any atom is -0.315 e. The standard InChI is InChI=1S/C12H20N2O2S2/c1-4-6-14(7-5-2)18(15,16)12-8-11(9-13-3)17-10-12/h4,8,10,13H,1,5-7,9H2,2-3H3. The monoisotopic (exact) mass is 288 g/mol. The van der Waals surface area contributed by atoms with Gasteiger partial charge in [0, 0.05) is 29.9 Å². The predicted octanol–water partition coefficient (Wildman–Crippen LogP) is 2.05. The zero-order valence-corrected chi connectivity index (χ0v) is 12.5. The molecule has 0 saturated carbocycles. The van der Waals surface area contributed by atoms with Crippen LogP contribution < -0.4 is 5.32 Å². The first kappa shape index (κ1) is 15.4. The molecule has 0 aromatic carbocycles. The van der Waals surface area contributed by atoms with Gasteiger partial charge in [0.05, 0.1) is 4.90 Å². The van der Waals surface area contributed by atoms with Crippen molar-refractivity contribution in [2.75, 3.05) is 20.1 Å². The average Bonchev–Trinajstić information content (AvgIpc) is 2.78. The van der Waals surface area contributed by atoms with Crippen LogP contribution in [0.4, 0.5) is 0 Å². The Morgan fingerprint density at radius 1 is 1.56 bits per heavy atom. The maximum Gasteiger partial charge on any atom is 0.244 e. The van der Waals surface area contributed by atoms with Gasteiger partial charge in [0.25, 0.3) is 0 Å². The van der Waals surface area contributed by atoms with Crippen LogP contribution in [-0.4, -0.2) is 32.9 Å². The molecule has 0 bridgehead atoms. The summed E-state index contributed by atoms with van der Waals surface area (Å²) in [4.78, 5) is 1.40. The summed E-state index contributed by atoms with van der Waals surface area (Å²) in [6.07, 6.45) is 2.41. The van der Waals surface area contributed by atoms with E-state index in [9.17, 15) is 8.42 Å². The van der Waals surface area contributed by atoms with E-state index < -0.39 is 10.0 Å². The highest BCUT2D eigenvalue weighted by Gasteiger charge is 2.23. The van der Waals surface area contributed by atoms with Gasteiger partial charge in [-0.2, -0.15) is 4.31 Å². The summed E-state index contributed by atoms with van der Waals surface area (Å²) in [5, 5.41) is 4.72. The molecule has 0 aliphatic rings. The van der Waals surface area contributed by atoms with Crippen molar-refractivity contribution in [2.24, 2.45) is 0 Å². The molecule has 0 saturated heterocycles. The maximum absolute atomic E-state index is 12.4. The second-order valence-corrected chi connectivity index (χ2v) is 6.86. The van der Waals surface area contributed by atoms with Crippen molar-refractivity contribution < 1.29 is 8.42 Å². The molecular formula is C12H20N2O2S2. The van der Waals surface area contributed by atoms with Crippen LogP contribution in [0, 0.1) is 0 Å². The first-order valence-electron chi connectivity index (χ1n) is 5.89. The summed E-state index contributed by atoms with van der Waals surface area (Å²) in [5.41, 5.74) is 0. The first-order valence-corrected chi connectivity index (χ1v) is 8.21. The molecule has 4 nitrogen and oxygen atoms in total. The van der Waals surface area contributed by atoms with E-state index in [-0.39, 0.29) is 0 Å². The molecule has 0 unspecified atom stereocenters. The Kier molecular flexibility index (Phi) is 6.01. The zero-order valence-electron chi connectivity index (χ0n) is 10.8. The van der Waals surface area contributed by atoms with E-state index in [4.69, 9.17) is 0 Å². The molecule has 6 heteroatoms. The third-order valence-corrected chi connectivity index (χ3v) is 5.35. The van der Waals surface area contributed by atoms with E-state index in [1.807, 2.05) is 14.0 Å². The van der Waals surface area contributed by atoms with Crippen LogP contribution in [0.5, 0.6) is 0 Å². The van der Waals surface area contributed by atoms with E-state index in [0.717, 1.165) is 11.3 Å². The summed E-state index contributed by atoms with van der Waals surface area (Å²) >= 11 is 1.46. The Bertz CT molecular complexity index is 480. The van der Waals surface area contributed by atoms with Crippen LogP contribution in [0.25, 0.3) is 0 Å². The van der Waals surface area contributed by atoms with Crippen molar-refractivity contribution >= 4 is 21.4 Å². The van der Waals surface area contributed by atoms with Crippen LogP contribution >= 0.6 is 11.3 Å². The summed E-state index contributed by atoms with van der Waals surface area (Å²) in [5.74, 6) is 0. The average molecular weight is 288 g/mol. The number of nitrogens with one attached hydrogen (secondary N) is 1. The molecule has 102 valence electrons. The lowest BCUT2D eigenvalue weighted by Crippen LogP contribution is -2.31.